The molecule has 4 rings (SSSR count). The molecule has 2 aliphatic heterocycles. The van der Waals surface area contributed by atoms with Gasteiger partial charge in [0.25, 0.3) is 5.91 Å². The number of anilines is 1. The first-order valence-corrected chi connectivity index (χ1v) is 9.94. The number of fused-ring (bicyclic) bond motifs is 2. The molecule has 0 spiro atoms. The van der Waals surface area contributed by atoms with Crippen molar-refractivity contribution in [2.24, 2.45) is 0 Å². The molecule has 1 atom stereocenters. The summed E-state index contributed by atoms with van der Waals surface area (Å²) in [5, 5.41) is 2.58. The topological polar surface area (TPSA) is 77.1 Å². The first-order chi connectivity index (χ1) is 13.7. The average Bonchev–Trinajstić information content (AvgIpc) is 2.75. The Labute approximate surface area is 166 Å². The van der Waals surface area contributed by atoms with Crippen LogP contribution in [0.1, 0.15) is 0 Å². The van der Waals surface area contributed by atoms with Crippen molar-refractivity contribution in [2.75, 3.05) is 37.5 Å². The predicted molar refractivity (Wildman–Crippen MR) is 105 cm³/mol. The highest BCUT2D eigenvalue weighted by molar-refractivity contribution is 8.00. The lowest BCUT2D eigenvalue weighted by atomic mass is 10.2. The molecule has 2 aromatic carbocycles. The van der Waals surface area contributed by atoms with Crippen LogP contribution in [-0.2, 0) is 9.59 Å². The van der Waals surface area contributed by atoms with Gasteiger partial charge in [-0.25, -0.2) is 0 Å². The molecular formula is C20H20N2O5S. The second-order valence-corrected chi connectivity index (χ2v) is 7.34. The van der Waals surface area contributed by atoms with Crippen LogP contribution in [0.5, 0.6) is 17.2 Å². The van der Waals surface area contributed by atoms with E-state index in [9.17, 15) is 9.59 Å². The van der Waals surface area contributed by atoms with Gasteiger partial charge in [-0.15, -0.1) is 11.8 Å². The molecule has 0 saturated heterocycles. The second kappa shape index (κ2) is 8.02. The number of amides is 2. The number of ether oxygens (including phenoxy) is 3. The largest absolute Gasteiger partial charge is 0.486 e. The molecule has 2 aliphatic rings. The number of hydrogen-bond acceptors (Lipinski definition) is 6. The van der Waals surface area contributed by atoms with E-state index in [1.165, 1.54) is 11.8 Å². The summed E-state index contributed by atoms with van der Waals surface area (Å²) in [6.45, 7) is 1.24. The van der Waals surface area contributed by atoms with E-state index in [4.69, 9.17) is 14.2 Å². The van der Waals surface area contributed by atoms with Crippen LogP contribution in [0.25, 0.3) is 0 Å². The van der Waals surface area contributed by atoms with Gasteiger partial charge in [0.2, 0.25) is 5.91 Å². The monoisotopic (exact) mass is 400 g/mol. The summed E-state index contributed by atoms with van der Waals surface area (Å²) in [5.41, 5.74) is 0.676. The Hall–Kier alpha value is -2.87. The fraction of sp³-hybridized carbons (Fsp3) is 0.300. The Morgan fingerprint density at radius 3 is 2.71 bits per heavy atom. The predicted octanol–water partition coefficient (Wildman–Crippen LogP) is 2.09. The van der Waals surface area contributed by atoms with Crippen LogP contribution < -0.4 is 24.4 Å². The van der Waals surface area contributed by atoms with Gasteiger partial charge in [0.15, 0.2) is 17.6 Å². The lowest BCUT2D eigenvalue weighted by Gasteiger charge is -2.34. The zero-order valence-electron chi connectivity index (χ0n) is 15.3. The minimum absolute atomic E-state index is 0.0930. The summed E-state index contributed by atoms with van der Waals surface area (Å²) in [4.78, 5) is 27.5. The lowest BCUT2D eigenvalue weighted by molar-refractivity contribution is -0.127. The van der Waals surface area contributed by atoms with Gasteiger partial charge in [-0.05, 0) is 30.3 Å². The van der Waals surface area contributed by atoms with E-state index in [0.29, 0.717) is 30.4 Å². The summed E-state index contributed by atoms with van der Waals surface area (Å²) in [7, 11) is 1.55. The van der Waals surface area contributed by atoms with Gasteiger partial charge in [0.05, 0.1) is 18.0 Å². The van der Waals surface area contributed by atoms with Crippen LogP contribution in [0.3, 0.4) is 0 Å². The Bertz CT molecular complexity index is 904. The van der Waals surface area contributed by atoms with Crippen LogP contribution in [0.15, 0.2) is 47.4 Å². The molecule has 0 saturated carbocycles. The van der Waals surface area contributed by atoms with Crippen LogP contribution in [0, 0.1) is 0 Å². The highest BCUT2D eigenvalue weighted by Crippen LogP contribution is 2.36. The number of thioether (sulfide) groups is 1. The highest BCUT2D eigenvalue weighted by atomic mass is 32.2. The smallest absolute Gasteiger partial charge is 0.262 e. The summed E-state index contributed by atoms with van der Waals surface area (Å²) < 4.78 is 16.9. The highest BCUT2D eigenvalue weighted by Gasteiger charge is 2.33. The lowest BCUT2D eigenvalue weighted by Crippen LogP contribution is -2.50. The number of carbonyl (C=O) groups is 2. The third kappa shape index (κ3) is 3.73. The van der Waals surface area contributed by atoms with Crippen molar-refractivity contribution < 1.29 is 23.8 Å². The molecule has 0 bridgehead atoms. The minimum Gasteiger partial charge on any atom is -0.486 e. The molecule has 0 unspecified atom stereocenters. The number of rotatable bonds is 4. The Morgan fingerprint density at radius 2 is 1.89 bits per heavy atom. The third-order valence-electron chi connectivity index (χ3n) is 4.49. The van der Waals surface area contributed by atoms with E-state index in [1.54, 1.807) is 18.0 Å². The van der Waals surface area contributed by atoms with E-state index in [0.717, 1.165) is 10.6 Å². The van der Waals surface area contributed by atoms with E-state index < -0.39 is 6.10 Å². The quantitative estimate of drug-likeness (QED) is 0.792. The summed E-state index contributed by atoms with van der Waals surface area (Å²) in [6.07, 6.45) is -0.733. The second-order valence-electron chi connectivity index (χ2n) is 6.29. The first-order valence-electron chi connectivity index (χ1n) is 8.96. The van der Waals surface area contributed by atoms with Crippen molar-refractivity contribution in [3.8, 4) is 17.2 Å². The molecule has 2 heterocycles. The molecule has 8 heteroatoms. The van der Waals surface area contributed by atoms with Gasteiger partial charge in [-0.1, -0.05) is 12.1 Å². The number of carbonyl (C=O) groups excluding carboxylic acids is 2. The fourth-order valence-corrected chi connectivity index (χ4v) is 3.91. The molecule has 146 valence electrons. The van der Waals surface area contributed by atoms with Gasteiger partial charge < -0.3 is 24.4 Å². The first kappa shape index (κ1) is 18.5. The Balaban J connectivity index is 1.48. The van der Waals surface area contributed by atoms with E-state index in [1.807, 2.05) is 36.4 Å². The maximum atomic E-state index is 12.9. The molecular weight excluding hydrogens is 380 g/mol. The van der Waals surface area contributed by atoms with Gasteiger partial charge in [0.1, 0.15) is 19.0 Å². The third-order valence-corrected chi connectivity index (χ3v) is 5.47. The molecule has 0 fully saturated rings. The number of nitrogens with zero attached hydrogens (tertiary/aromatic N) is 1. The van der Waals surface area contributed by atoms with E-state index in [2.05, 4.69) is 5.32 Å². The number of benzene rings is 2. The molecule has 0 radical (unpaired) electrons. The van der Waals surface area contributed by atoms with Gasteiger partial charge in [-0.2, -0.15) is 0 Å². The minimum atomic E-state index is -0.733. The fourth-order valence-electron chi connectivity index (χ4n) is 3.10. The Morgan fingerprint density at radius 1 is 1.11 bits per heavy atom. The van der Waals surface area contributed by atoms with Crippen molar-refractivity contribution in [3.63, 3.8) is 0 Å². The normalized spacial score (nSPS) is 17.3. The van der Waals surface area contributed by atoms with Crippen LogP contribution in [0.2, 0.25) is 0 Å². The van der Waals surface area contributed by atoms with E-state index >= 15 is 0 Å². The molecule has 7 nitrogen and oxygen atoms in total. The Kier molecular flexibility index (Phi) is 5.29. The molecule has 2 amide bonds. The van der Waals surface area contributed by atoms with Crippen LogP contribution in [0.4, 0.5) is 5.69 Å². The van der Waals surface area contributed by atoms with Crippen molar-refractivity contribution in [1.29, 1.82) is 0 Å². The van der Waals surface area contributed by atoms with Crippen LogP contribution in [-0.4, -0.2) is 50.5 Å². The molecule has 2 aromatic rings. The van der Waals surface area contributed by atoms with E-state index in [-0.39, 0.29) is 24.1 Å². The standard InChI is InChI=1S/C20H20N2O5S/c1-21-20(24)18-11-22(14-4-2-3-5-15(14)27-18)19(23)12-28-13-6-7-16-17(10-13)26-9-8-25-16/h2-7,10,18H,8-9,11-12H2,1H3,(H,21,24)/t18-/m1/s1. The molecule has 28 heavy (non-hydrogen) atoms. The molecule has 1 N–H and O–H groups in total. The maximum absolute atomic E-state index is 12.9. The summed E-state index contributed by atoms with van der Waals surface area (Å²) >= 11 is 1.42. The number of nitrogens with one attached hydrogen (secondary N) is 1. The zero-order valence-corrected chi connectivity index (χ0v) is 16.2. The number of likely N-dealkylation sites (N-methyl/N-ethyl adjacent to an activating group) is 1. The SMILES string of the molecule is CNC(=O)[C@H]1CN(C(=O)CSc2ccc3c(c2)OCCO3)c2ccccc2O1. The zero-order chi connectivity index (χ0) is 19.5. The van der Waals surface area contributed by atoms with Gasteiger partial charge in [0, 0.05) is 11.9 Å². The van der Waals surface area contributed by atoms with Crippen molar-refractivity contribution in [2.45, 2.75) is 11.0 Å². The number of para-hydroxylation sites is 2. The van der Waals surface area contributed by atoms with Gasteiger partial charge >= 0.3 is 0 Å². The van der Waals surface area contributed by atoms with Crippen molar-refractivity contribution in [3.05, 3.63) is 42.5 Å². The maximum Gasteiger partial charge on any atom is 0.262 e. The van der Waals surface area contributed by atoms with Crippen molar-refractivity contribution >= 4 is 29.3 Å². The molecule has 0 aliphatic carbocycles. The average molecular weight is 400 g/mol. The van der Waals surface area contributed by atoms with Crippen molar-refractivity contribution in [1.82, 2.24) is 5.32 Å². The van der Waals surface area contributed by atoms with Gasteiger partial charge in [-0.3, -0.25) is 9.59 Å². The summed E-state index contributed by atoms with van der Waals surface area (Å²) in [6, 6.07) is 12.9. The summed E-state index contributed by atoms with van der Waals surface area (Å²) in [5.74, 6) is 1.82. The van der Waals surface area contributed by atoms with Crippen LogP contribution >= 0.6 is 11.8 Å². The number of hydrogen-bond donors (Lipinski definition) is 1. The molecule has 0 aromatic heterocycles.